The smallest absolute Gasteiger partial charge is 0.257 e. The van der Waals surface area contributed by atoms with Crippen LogP contribution in [0.4, 0.5) is 0 Å². The van der Waals surface area contributed by atoms with Crippen molar-refractivity contribution in [1.82, 2.24) is 25.3 Å². The SMILES string of the molecule is Cc1cc(C)n(CC(=O)NCC2CCC(c3nnc(-c4cccs4)o3)CC2)n1. The van der Waals surface area contributed by atoms with Gasteiger partial charge in [0.25, 0.3) is 5.89 Å². The largest absolute Gasteiger partial charge is 0.420 e. The van der Waals surface area contributed by atoms with E-state index in [9.17, 15) is 4.79 Å². The number of hydrogen-bond acceptors (Lipinski definition) is 6. The third kappa shape index (κ3) is 4.32. The number of aromatic nitrogens is 4. The van der Waals surface area contributed by atoms with Gasteiger partial charge in [0, 0.05) is 18.2 Å². The van der Waals surface area contributed by atoms with Crippen molar-refractivity contribution in [3.63, 3.8) is 0 Å². The molecule has 1 aliphatic carbocycles. The average molecular weight is 400 g/mol. The zero-order valence-electron chi connectivity index (χ0n) is 16.2. The van der Waals surface area contributed by atoms with E-state index in [2.05, 4.69) is 20.6 Å². The van der Waals surface area contributed by atoms with Crippen molar-refractivity contribution in [2.45, 2.75) is 52.0 Å². The number of nitrogens with zero attached hydrogens (tertiary/aromatic N) is 4. The summed E-state index contributed by atoms with van der Waals surface area (Å²) in [4.78, 5) is 13.2. The van der Waals surface area contributed by atoms with E-state index in [0.29, 0.717) is 17.7 Å². The predicted molar refractivity (Wildman–Crippen MR) is 107 cm³/mol. The summed E-state index contributed by atoms with van der Waals surface area (Å²) in [5.74, 6) is 2.20. The number of carbonyl (C=O) groups excluding carboxylic acids is 1. The van der Waals surface area contributed by atoms with Crippen LogP contribution in [0, 0.1) is 19.8 Å². The molecular weight excluding hydrogens is 374 g/mol. The van der Waals surface area contributed by atoms with Gasteiger partial charge < -0.3 is 9.73 Å². The minimum absolute atomic E-state index is 0.0193. The molecule has 0 saturated heterocycles. The lowest BCUT2D eigenvalue weighted by atomic mass is 9.82. The van der Waals surface area contributed by atoms with E-state index >= 15 is 0 Å². The minimum Gasteiger partial charge on any atom is -0.420 e. The van der Waals surface area contributed by atoms with Gasteiger partial charge in [-0.15, -0.1) is 21.5 Å². The standard InChI is InChI=1S/C20H25N5O2S/c1-13-10-14(2)25(24-13)12-18(26)21-11-15-5-7-16(8-6-15)19-22-23-20(27-19)17-4-3-9-28-17/h3-4,9-10,15-16H,5-8,11-12H2,1-2H3,(H,21,26). The molecule has 8 heteroatoms. The Morgan fingerprint density at radius 1 is 1.29 bits per heavy atom. The maximum Gasteiger partial charge on any atom is 0.257 e. The Kier molecular flexibility index (Phi) is 5.57. The molecular formula is C20H25N5O2S. The average Bonchev–Trinajstić information content (AvgIpc) is 3.42. The topological polar surface area (TPSA) is 85.8 Å². The monoisotopic (exact) mass is 399 g/mol. The Balaban J connectivity index is 1.23. The first-order chi connectivity index (χ1) is 13.6. The summed E-state index contributed by atoms with van der Waals surface area (Å²) in [6.07, 6.45) is 4.15. The van der Waals surface area contributed by atoms with Gasteiger partial charge in [-0.2, -0.15) is 5.10 Å². The van der Waals surface area contributed by atoms with Gasteiger partial charge in [0.05, 0.1) is 10.6 Å². The molecule has 7 nitrogen and oxygen atoms in total. The fraction of sp³-hybridized carbons (Fsp3) is 0.500. The Labute approximate surface area is 168 Å². The molecule has 1 N–H and O–H groups in total. The van der Waals surface area contributed by atoms with Gasteiger partial charge in [-0.3, -0.25) is 9.48 Å². The Morgan fingerprint density at radius 3 is 2.79 bits per heavy atom. The van der Waals surface area contributed by atoms with Crippen molar-refractivity contribution in [2.75, 3.05) is 6.54 Å². The van der Waals surface area contributed by atoms with Crippen molar-refractivity contribution in [3.8, 4) is 10.8 Å². The number of amides is 1. The Bertz CT molecular complexity index is 922. The van der Waals surface area contributed by atoms with Crippen LogP contribution in [0.5, 0.6) is 0 Å². The molecule has 4 rings (SSSR count). The first-order valence-electron chi connectivity index (χ1n) is 9.73. The molecule has 1 amide bonds. The second kappa shape index (κ2) is 8.26. The van der Waals surface area contributed by atoms with Crippen molar-refractivity contribution >= 4 is 17.2 Å². The summed E-state index contributed by atoms with van der Waals surface area (Å²) in [7, 11) is 0. The lowest BCUT2D eigenvalue weighted by Crippen LogP contribution is -2.33. The number of rotatable bonds is 6. The predicted octanol–water partition coefficient (Wildman–Crippen LogP) is 3.70. The van der Waals surface area contributed by atoms with Crippen molar-refractivity contribution in [2.24, 2.45) is 5.92 Å². The van der Waals surface area contributed by atoms with Gasteiger partial charge in [-0.25, -0.2) is 0 Å². The van der Waals surface area contributed by atoms with E-state index < -0.39 is 0 Å². The highest BCUT2D eigenvalue weighted by molar-refractivity contribution is 7.13. The second-order valence-corrected chi connectivity index (χ2v) is 8.48. The Hall–Kier alpha value is -2.48. The molecule has 0 aromatic carbocycles. The van der Waals surface area contributed by atoms with Crippen LogP contribution < -0.4 is 5.32 Å². The summed E-state index contributed by atoms with van der Waals surface area (Å²) in [6.45, 7) is 4.90. The maximum atomic E-state index is 12.2. The fourth-order valence-electron chi connectivity index (χ4n) is 3.80. The zero-order chi connectivity index (χ0) is 19.5. The number of nitrogens with one attached hydrogen (secondary N) is 1. The molecule has 148 valence electrons. The molecule has 3 aromatic heterocycles. The molecule has 0 spiro atoms. The van der Waals surface area contributed by atoms with E-state index in [4.69, 9.17) is 4.42 Å². The molecule has 3 heterocycles. The van der Waals surface area contributed by atoms with Gasteiger partial charge in [0.2, 0.25) is 11.8 Å². The van der Waals surface area contributed by atoms with Crippen LogP contribution in [0.1, 0.15) is 48.9 Å². The van der Waals surface area contributed by atoms with Crippen LogP contribution >= 0.6 is 11.3 Å². The van der Waals surface area contributed by atoms with Crippen molar-refractivity contribution < 1.29 is 9.21 Å². The van der Waals surface area contributed by atoms with E-state index in [1.54, 1.807) is 16.0 Å². The van der Waals surface area contributed by atoms with E-state index in [0.717, 1.165) is 54.4 Å². The summed E-state index contributed by atoms with van der Waals surface area (Å²) in [6, 6.07) is 5.96. The van der Waals surface area contributed by atoms with Crippen molar-refractivity contribution in [1.29, 1.82) is 0 Å². The van der Waals surface area contributed by atoms with Crippen LogP contribution in [-0.2, 0) is 11.3 Å². The lowest BCUT2D eigenvalue weighted by molar-refractivity contribution is -0.122. The summed E-state index contributed by atoms with van der Waals surface area (Å²) < 4.78 is 7.64. The first kappa shape index (κ1) is 18.9. The van der Waals surface area contributed by atoms with Crippen LogP contribution in [0.2, 0.25) is 0 Å². The molecule has 0 unspecified atom stereocenters. The van der Waals surface area contributed by atoms with E-state index in [-0.39, 0.29) is 12.5 Å². The number of carbonyl (C=O) groups is 1. The third-order valence-corrected chi connectivity index (χ3v) is 6.21. The van der Waals surface area contributed by atoms with Crippen LogP contribution in [0.25, 0.3) is 10.8 Å². The van der Waals surface area contributed by atoms with Crippen LogP contribution in [-0.4, -0.2) is 32.4 Å². The van der Waals surface area contributed by atoms with Crippen LogP contribution in [0.15, 0.2) is 28.0 Å². The molecule has 0 aliphatic heterocycles. The normalized spacial score (nSPS) is 19.6. The molecule has 1 fully saturated rings. The number of hydrogen-bond donors (Lipinski definition) is 1. The van der Waals surface area contributed by atoms with Gasteiger partial charge in [-0.1, -0.05) is 6.07 Å². The van der Waals surface area contributed by atoms with Crippen LogP contribution in [0.3, 0.4) is 0 Å². The first-order valence-corrected chi connectivity index (χ1v) is 10.6. The summed E-state index contributed by atoms with van der Waals surface area (Å²) in [5, 5.41) is 17.9. The van der Waals surface area contributed by atoms with Gasteiger partial charge in [0.1, 0.15) is 6.54 Å². The molecule has 1 aliphatic rings. The number of aryl methyl sites for hydroxylation is 2. The Morgan fingerprint density at radius 2 is 2.11 bits per heavy atom. The highest BCUT2D eigenvalue weighted by Crippen LogP contribution is 2.36. The zero-order valence-corrected chi connectivity index (χ0v) is 17.0. The van der Waals surface area contributed by atoms with E-state index in [1.807, 2.05) is 37.4 Å². The fourth-order valence-corrected chi connectivity index (χ4v) is 4.44. The van der Waals surface area contributed by atoms with Gasteiger partial charge in [-0.05, 0) is 63.0 Å². The highest BCUT2D eigenvalue weighted by Gasteiger charge is 2.27. The van der Waals surface area contributed by atoms with Gasteiger partial charge >= 0.3 is 0 Å². The molecule has 0 radical (unpaired) electrons. The molecule has 0 bridgehead atoms. The highest BCUT2D eigenvalue weighted by atomic mass is 32.1. The van der Waals surface area contributed by atoms with E-state index in [1.165, 1.54) is 0 Å². The molecule has 1 saturated carbocycles. The van der Waals surface area contributed by atoms with Gasteiger partial charge in [0.15, 0.2) is 0 Å². The minimum atomic E-state index is 0.0193. The summed E-state index contributed by atoms with van der Waals surface area (Å²) in [5.41, 5.74) is 1.95. The number of thiophene rings is 1. The lowest BCUT2D eigenvalue weighted by Gasteiger charge is -2.26. The third-order valence-electron chi connectivity index (χ3n) is 5.35. The quantitative estimate of drug-likeness (QED) is 0.683. The van der Waals surface area contributed by atoms with Crippen molar-refractivity contribution in [3.05, 3.63) is 40.9 Å². The maximum absolute atomic E-state index is 12.2. The molecule has 3 aromatic rings. The second-order valence-electron chi connectivity index (χ2n) is 7.53. The molecule has 28 heavy (non-hydrogen) atoms. The molecule has 0 atom stereocenters. The summed E-state index contributed by atoms with van der Waals surface area (Å²) >= 11 is 1.61.